The lowest BCUT2D eigenvalue weighted by Crippen LogP contribution is -2.27. The molecule has 7 heteroatoms. The number of Topliss-reactive ketones (excluding diaryl/α,β-unsaturated/α-hetero) is 1. The average Bonchev–Trinajstić information content (AvgIpc) is 2.56. The number of rotatable bonds is 4. The number of amides is 1. The second-order valence-electron chi connectivity index (χ2n) is 4.87. The van der Waals surface area contributed by atoms with Gasteiger partial charge in [-0.05, 0) is 23.8 Å². The van der Waals surface area contributed by atoms with Crippen molar-refractivity contribution in [3.63, 3.8) is 0 Å². The van der Waals surface area contributed by atoms with Gasteiger partial charge in [0, 0.05) is 5.69 Å². The van der Waals surface area contributed by atoms with Gasteiger partial charge in [-0.1, -0.05) is 36.4 Å². The van der Waals surface area contributed by atoms with Crippen molar-refractivity contribution in [2.24, 2.45) is 0 Å². The molecular formula is C17H11F3N2O2. The maximum atomic E-state index is 12.6. The number of anilines is 1. The van der Waals surface area contributed by atoms with E-state index in [-0.39, 0.29) is 5.69 Å². The standard InChI is InChI=1S/C17H11F3N2O2/c18-17(19,20)12-7-4-8-13(9-12)22-16(24)15(23)14(10-21)11-5-2-1-3-6-11/h1-9,14H,(H,22,24)/t14-/m0/s1. The molecular weight excluding hydrogens is 321 g/mol. The molecule has 0 aromatic heterocycles. The van der Waals surface area contributed by atoms with Crippen molar-refractivity contribution in [3.05, 3.63) is 65.7 Å². The molecule has 122 valence electrons. The number of carbonyl (C=O) groups is 2. The van der Waals surface area contributed by atoms with Crippen LogP contribution in [0, 0.1) is 11.3 Å². The Balaban J connectivity index is 2.18. The number of hydrogen-bond donors (Lipinski definition) is 1. The summed E-state index contributed by atoms with van der Waals surface area (Å²) in [6, 6.07) is 13.6. The quantitative estimate of drug-likeness (QED) is 0.871. The van der Waals surface area contributed by atoms with E-state index in [1.807, 2.05) is 0 Å². The number of alkyl halides is 3. The van der Waals surface area contributed by atoms with Gasteiger partial charge in [-0.15, -0.1) is 0 Å². The summed E-state index contributed by atoms with van der Waals surface area (Å²) in [5.41, 5.74) is -0.787. The van der Waals surface area contributed by atoms with Crippen LogP contribution in [0.4, 0.5) is 18.9 Å². The fraction of sp³-hybridized carbons (Fsp3) is 0.118. The molecule has 0 aliphatic heterocycles. The number of nitriles is 1. The van der Waals surface area contributed by atoms with Gasteiger partial charge in [-0.2, -0.15) is 18.4 Å². The van der Waals surface area contributed by atoms with Gasteiger partial charge in [-0.25, -0.2) is 0 Å². The van der Waals surface area contributed by atoms with Gasteiger partial charge >= 0.3 is 6.18 Å². The first kappa shape index (κ1) is 17.2. The average molecular weight is 332 g/mol. The molecule has 0 aliphatic rings. The first-order valence-corrected chi connectivity index (χ1v) is 6.80. The first-order chi connectivity index (χ1) is 11.3. The van der Waals surface area contributed by atoms with Crippen molar-refractivity contribution >= 4 is 17.4 Å². The monoisotopic (exact) mass is 332 g/mol. The van der Waals surface area contributed by atoms with E-state index in [1.54, 1.807) is 24.3 Å². The van der Waals surface area contributed by atoms with E-state index in [0.717, 1.165) is 18.2 Å². The third-order valence-electron chi connectivity index (χ3n) is 3.20. The minimum atomic E-state index is -4.57. The maximum Gasteiger partial charge on any atom is 0.416 e. The molecule has 0 fully saturated rings. The molecule has 0 radical (unpaired) electrons. The highest BCUT2D eigenvalue weighted by molar-refractivity contribution is 6.43. The molecule has 1 atom stereocenters. The Labute approximate surface area is 135 Å². The summed E-state index contributed by atoms with van der Waals surface area (Å²) in [6.07, 6.45) is -4.57. The number of carbonyl (C=O) groups excluding carboxylic acids is 2. The summed E-state index contributed by atoms with van der Waals surface area (Å²) in [5, 5.41) is 11.2. The number of hydrogen-bond acceptors (Lipinski definition) is 3. The summed E-state index contributed by atoms with van der Waals surface area (Å²) in [7, 11) is 0. The van der Waals surface area contributed by atoms with Crippen LogP contribution >= 0.6 is 0 Å². The zero-order chi connectivity index (χ0) is 17.7. The fourth-order valence-electron chi connectivity index (χ4n) is 2.03. The van der Waals surface area contributed by atoms with E-state index in [1.165, 1.54) is 18.2 Å². The van der Waals surface area contributed by atoms with Gasteiger partial charge in [0.1, 0.15) is 5.92 Å². The molecule has 2 aromatic carbocycles. The van der Waals surface area contributed by atoms with Crippen LogP contribution in [0.5, 0.6) is 0 Å². The molecule has 24 heavy (non-hydrogen) atoms. The van der Waals surface area contributed by atoms with Crippen LogP contribution in [-0.4, -0.2) is 11.7 Å². The van der Waals surface area contributed by atoms with E-state index >= 15 is 0 Å². The molecule has 1 amide bonds. The predicted molar refractivity (Wildman–Crippen MR) is 79.9 cm³/mol. The van der Waals surface area contributed by atoms with E-state index in [9.17, 15) is 22.8 Å². The summed E-state index contributed by atoms with van der Waals surface area (Å²) in [6.45, 7) is 0. The highest BCUT2D eigenvalue weighted by Gasteiger charge is 2.31. The van der Waals surface area contributed by atoms with Crippen molar-refractivity contribution in [3.8, 4) is 6.07 Å². The lowest BCUT2D eigenvalue weighted by molar-refractivity contribution is -0.137. The third-order valence-corrected chi connectivity index (χ3v) is 3.20. The van der Waals surface area contributed by atoms with Crippen LogP contribution in [0.2, 0.25) is 0 Å². The number of halogens is 3. The Bertz CT molecular complexity index is 795. The Kier molecular flexibility index (Phi) is 4.99. The first-order valence-electron chi connectivity index (χ1n) is 6.80. The summed E-state index contributed by atoms with van der Waals surface area (Å²) in [4.78, 5) is 24.1. The van der Waals surface area contributed by atoms with Crippen LogP contribution in [0.3, 0.4) is 0 Å². The minimum Gasteiger partial charge on any atom is -0.319 e. The van der Waals surface area contributed by atoms with Crippen molar-refractivity contribution in [1.82, 2.24) is 0 Å². The highest BCUT2D eigenvalue weighted by Crippen LogP contribution is 2.30. The molecule has 0 unspecified atom stereocenters. The van der Waals surface area contributed by atoms with Crippen LogP contribution in [0.15, 0.2) is 54.6 Å². The van der Waals surface area contributed by atoms with E-state index in [4.69, 9.17) is 5.26 Å². The van der Waals surface area contributed by atoms with Crippen molar-refractivity contribution in [2.45, 2.75) is 12.1 Å². The number of nitrogens with one attached hydrogen (secondary N) is 1. The summed E-state index contributed by atoms with van der Waals surface area (Å²) in [5.74, 6) is -3.51. The van der Waals surface area contributed by atoms with Crippen molar-refractivity contribution < 1.29 is 22.8 Å². The normalized spacial score (nSPS) is 12.1. The van der Waals surface area contributed by atoms with Gasteiger partial charge in [0.25, 0.3) is 5.91 Å². The number of ketones is 1. The second kappa shape index (κ2) is 6.96. The molecule has 0 saturated heterocycles. The number of benzene rings is 2. The van der Waals surface area contributed by atoms with Crippen LogP contribution < -0.4 is 5.32 Å². The fourth-order valence-corrected chi connectivity index (χ4v) is 2.03. The zero-order valence-corrected chi connectivity index (χ0v) is 12.2. The Morgan fingerprint density at radius 3 is 2.29 bits per heavy atom. The van der Waals surface area contributed by atoms with Crippen molar-refractivity contribution in [1.29, 1.82) is 5.26 Å². The van der Waals surface area contributed by atoms with Gasteiger partial charge in [0.05, 0.1) is 11.6 Å². The number of nitrogens with zero attached hydrogens (tertiary/aromatic N) is 1. The molecule has 0 aliphatic carbocycles. The molecule has 0 heterocycles. The largest absolute Gasteiger partial charge is 0.416 e. The Morgan fingerprint density at radius 2 is 1.71 bits per heavy atom. The van der Waals surface area contributed by atoms with Crippen LogP contribution in [0.1, 0.15) is 17.0 Å². The lowest BCUT2D eigenvalue weighted by atomic mass is 9.95. The molecule has 2 aromatic rings. The van der Waals surface area contributed by atoms with Crippen molar-refractivity contribution in [2.75, 3.05) is 5.32 Å². The molecule has 1 N–H and O–H groups in total. The van der Waals surface area contributed by atoms with E-state index in [0.29, 0.717) is 5.56 Å². The Hall–Kier alpha value is -3.14. The van der Waals surface area contributed by atoms with Gasteiger partial charge < -0.3 is 5.32 Å². The van der Waals surface area contributed by atoms with Gasteiger partial charge in [0.2, 0.25) is 5.78 Å². The molecule has 2 rings (SSSR count). The minimum absolute atomic E-state index is 0.173. The highest BCUT2D eigenvalue weighted by atomic mass is 19.4. The molecule has 0 bridgehead atoms. The molecule has 0 spiro atoms. The predicted octanol–water partition coefficient (Wildman–Crippen LogP) is 3.52. The second-order valence-corrected chi connectivity index (χ2v) is 4.87. The summed E-state index contributed by atoms with van der Waals surface area (Å²) < 4.78 is 37.9. The zero-order valence-electron chi connectivity index (χ0n) is 12.2. The van der Waals surface area contributed by atoms with Gasteiger partial charge in [0.15, 0.2) is 0 Å². The maximum absolute atomic E-state index is 12.6. The summed E-state index contributed by atoms with van der Waals surface area (Å²) >= 11 is 0. The lowest BCUT2D eigenvalue weighted by Gasteiger charge is -2.11. The third kappa shape index (κ3) is 3.98. The topological polar surface area (TPSA) is 70.0 Å². The van der Waals surface area contributed by atoms with Gasteiger partial charge in [-0.3, -0.25) is 9.59 Å². The van der Waals surface area contributed by atoms with E-state index in [2.05, 4.69) is 5.32 Å². The van der Waals surface area contributed by atoms with Crippen LogP contribution in [-0.2, 0) is 15.8 Å². The smallest absolute Gasteiger partial charge is 0.319 e. The van der Waals surface area contributed by atoms with Crippen LogP contribution in [0.25, 0.3) is 0 Å². The van der Waals surface area contributed by atoms with E-state index < -0.39 is 29.3 Å². The molecule has 4 nitrogen and oxygen atoms in total. The SMILES string of the molecule is N#C[C@H](C(=O)C(=O)Nc1cccc(C(F)(F)F)c1)c1ccccc1. The Morgan fingerprint density at radius 1 is 1.04 bits per heavy atom. The molecule has 0 saturated carbocycles.